The number of nitrogens with one attached hydrogen (secondary N) is 2. The van der Waals surface area contributed by atoms with Gasteiger partial charge < -0.3 is 10.7 Å². The van der Waals surface area contributed by atoms with E-state index in [9.17, 15) is 13.2 Å². The molecule has 0 amide bonds. The quantitative estimate of drug-likeness (QED) is 0.408. The topological polar surface area (TPSA) is 53.2 Å². The third-order valence-corrected chi connectivity index (χ3v) is 4.03. The molecule has 0 aliphatic heterocycles. The maximum absolute atomic E-state index is 13.3. The molecule has 0 radical (unpaired) electrons. The van der Waals surface area contributed by atoms with Crippen LogP contribution in [0.2, 0.25) is 0 Å². The fourth-order valence-electron chi connectivity index (χ4n) is 2.71. The Hall–Kier alpha value is -3.35. The summed E-state index contributed by atoms with van der Waals surface area (Å²) in [5.41, 5.74) is 1.38. The van der Waals surface area contributed by atoms with Crippen molar-refractivity contribution in [3.05, 3.63) is 78.8 Å². The summed E-state index contributed by atoms with van der Waals surface area (Å²) in [6.07, 6.45) is 3.37. The zero-order valence-electron chi connectivity index (χ0n) is 19.6. The molecular weight excluding hydrogens is 413 g/mol. The Labute approximate surface area is 189 Å². The Morgan fingerprint density at radius 1 is 1.09 bits per heavy atom. The van der Waals surface area contributed by atoms with Crippen LogP contribution in [0.5, 0.6) is 0 Å². The highest BCUT2D eigenvalue weighted by molar-refractivity contribution is 6.11. The lowest BCUT2D eigenvalue weighted by molar-refractivity contribution is -0.137. The van der Waals surface area contributed by atoms with Crippen molar-refractivity contribution in [1.82, 2.24) is 14.7 Å². The molecule has 2 aromatic heterocycles. The minimum Gasteiger partial charge on any atom is -0.394 e. The second-order valence-corrected chi connectivity index (χ2v) is 5.68. The van der Waals surface area contributed by atoms with Crippen molar-refractivity contribution in [3.8, 4) is 11.4 Å². The van der Waals surface area contributed by atoms with Crippen molar-refractivity contribution >= 4 is 17.3 Å². The summed E-state index contributed by atoms with van der Waals surface area (Å²) in [6.45, 7) is 13.2. The van der Waals surface area contributed by atoms with Crippen molar-refractivity contribution in [3.63, 3.8) is 0 Å². The summed E-state index contributed by atoms with van der Waals surface area (Å²) in [4.78, 5) is 4.21. The summed E-state index contributed by atoms with van der Waals surface area (Å²) in [5.74, 6) is 0.222. The first-order chi connectivity index (χ1) is 15.4. The average molecular weight is 447 g/mol. The smallest absolute Gasteiger partial charge is 0.394 e. The molecule has 0 aliphatic carbocycles. The summed E-state index contributed by atoms with van der Waals surface area (Å²) in [6, 6.07) is 8.94. The van der Waals surface area contributed by atoms with Crippen LogP contribution in [0, 0.1) is 5.41 Å². The van der Waals surface area contributed by atoms with E-state index < -0.39 is 11.7 Å². The van der Waals surface area contributed by atoms with Crippen LogP contribution in [-0.2, 0) is 6.18 Å². The minimum absolute atomic E-state index is 0.0269. The van der Waals surface area contributed by atoms with E-state index in [1.54, 1.807) is 41.9 Å². The SMILES string of the molecule is C/C=C(\C=N)c1cccn2c(-c3ccccc3C(F)(F)F)ncc12.C=CNC.CC.CC. The summed E-state index contributed by atoms with van der Waals surface area (Å²) < 4.78 is 41.5. The van der Waals surface area contributed by atoms with Gasteiger partial charge in [0.25, 0.3) is 0 Å². The molecule has 0 unspecified atom stereocenters. The number of nitrogens with zero attached hydrogens (tertiary/aromatic N) is 2. The first kappa shape index (κ1) is 28.6. The Morgan fingerprint density at radius 2 is 1.69 bits per heavy atom. The second-order valence-electron chi connectivity index (χ2n) is 5.68. The van der Waals surface area contributed by atoms with E-state index in [4.69, 9.17) is 5.41 Å². The molecular formula is C25H33F3N4. The van der Waals surface area contributed by atoms with Gasteiger partial charge in [0.15, 0.2) is 0 Å². The number of allylic oxidation sites excluding steroid dienone is 2. The molecule has 0 atom stereocenters. The van der Waals surface area contributed by atoms with E-state index in [2.05, 4.69) is 16.9 Å². The van der Waals surface area contributed by atoms with E-state index >= 15 is 0 Å². The van der Waals surface area contributed by atoms with Gasteiger partial charge in [-0.2, -0.15) is 13.2 Å². The zero-order chi connectivity index (χ0) is 24.7. The van der Waals surface area contributed by atoms with Crippen molar-refractivity contribution in [2.24, 2.45) is 0 Å². The first-order valence-electron chi connectivity index (χ1n) is 10.5. The fourth-order valence-corrected chi connectivity index (χ4v) is 2.71. The maximum atomic E-state index is 13.3. The summed E-state index contributed by atoms with van der Waals surface area (Å²) in [7, 11) is 1.81. The predicted octanol–water partition coefficient (Wildman–Crippen LogP) is 7.47. The van der Waals surface area contributed by atoms with Crippen LogP contribution in [0.4, 0.5) is 13.2 Å². The molecule has 174 valence electrons. The average Bonchev–Trinajstić information content (AvgIpc) is 3.27. The van der Waals surface area contributed by atoms with Crippen molar-refractivity contribution in [1.29, 1.82) is 5.41 Å². The van der Waals surface area contributed by atoms with Gasteiger partial charge in [-0.3, -0.25) is 4.40 Å². The van der Waals surface area contributed by atoms with Gasteiger partial charge in [-0.15, -0.1) is 0 Å². The fraction of sp³-hybridized carbons (Fsp3) is 0.280. The van der Waals surface area contributed by atoms with Gasteiger partial charge >= 0.3 is 6.18 Å². The van der Waals surface area contributed by atoms with Gasteiger partial charge in [-0.1, -0.05) is 64.6 Å². The highest BCUT2D eigenvalue weighted by Gasteiger charge is 2.34. The summed E-state index contributed by atoms with van der Waals surface area (Å²) in [5, 5.41) is 10.2. The van der Waals surface area contributed by atoms with Crippen molar-refractivity contribution in [2.75, 3.05) is 7.05 Å². The standard InChI is InChI=1S/C18H14F3N3.C3H7N.2C2H6/c1-2-12(10-22)13-7-5-9-24-16(13)11-23-17(24)14-6-3-4-8-15(14)18(19,20)21;1-3-4-2;2*1-2/h2-11,22H,1H3;3-4H,1H2,2H3;2*1-2H3/b12-2+,22-10?;;;. The third-order valence-electron chi connectivity index (χ3n) is 4.03. The second kappa shape index (κ2) is 14.6. The lowest BCUT2D eigenvalue weighted by Crippen LogP contribution is -2.08. The van der Waals surface area contributed by atoms with Crippen LogP contribution in [0.25, 0.3) is 22.5 Å². The number of imidazole rings is 1. The molecule has 7 heteroatoms. The molecule has 0 spiro atoms. The Bertz CT molecular complexity index is 1000. The summed E-state index contributed by atoms with van der Waals surface area (Å²) >= 11 is 0. The largest absolute Gasteiger partial charge is 0.417 e. The normalized spacial score (nSPS) is 10.5. The molecule has 32 heavy (non-hydrogen) atoms. The Morgan fingerprint density at radius 3 is 2.19 bits per heavy atom. The van der Waals surface area contributed by atoms with Gasteiger partial charge in [-0.25, -0.2) is 4.98 Å². The van der Waals surface area contributed by atoms with Crippen LogP contribution in [0.1, 0.15) is 45.7 Å². The van der Waals surface area contributed by atoms with Crippen LogP contribution < -0.4 is 5.32 Å². The lowest BCUT2D eigenvalue weighted by atomic mass is 10.1. The highest BCUT2D eigenvalue weighted by atomic mass is 19.4. The molecule has 1 aromatic carbocycles. The monoisotopic (exact) mass is 446 g/mol. The van der Waals surface area contributed by atoms with Gasteiger partial charge in [0.2, 0.25) is 0 Å². The molecule has 0 saturated heterocycles. The van der Waals surface area contributed by atoms with Crippen LogP contribution >= 0.6 is 0 Å². The van der Waals surface area contributed by atoms with Crippen LogP contribution in [0.15, 0.2) is 67.6 Å². The molecule has 4 nitrogen and oxygen atoms in total. The van der Waals surface area contributed by atoms with E-state index in [1.807, 2.05) is 40.8 Å². The van der Waals surface area contributed by atoms with E-state index in [1.165, 1.54) is 24.5 Å². The zero-order valence-corrected chi connectivity index (χ0v) is 19.6. The third kappa shape index (κ3) is 7.11. The van der Waals surface area contributed by atoms with Gasteiger partial charge in [0.1, 0.15) is 5.82 Å². The lowest BCUT2D eigenvalue weighted by Gasteiger charge is -2.12. The van der Waals surface area contributed by atoms with Gasteiger partial charge in [0.05, 0.1) is 17.3 Å². The number of halogens is 3. The first-order valence-corrected chi connectivity index (χ1v) is 10.5. The van der Waals surface area contributed by atoms with Crippen LogP contribution in [0.3, 0.4) is 0 Å². The Balaban J connectivity index is 0.00000106. The number of pyridine rings is 1. The molecule has 0 bridgehead atoms. The number of hydrogen-bond donors (Lipinski definition) is 2. The Kier molecular flexibility index (Phi) is 13.1. The highest BCUT2D eigenvalue weighted by Crippen LogP contribution is 2.37. The number of aromatic nitrogens is 2. The molecule has 2 N–H and O–H groups in total. The van der Waals surface area contributed by atoms with Crippen molar-refractivity contribution < 1.29 is 13.2 Å². The molecule has 2 heterocycles. The number of fused-ring (bicyclic) bond motifs is 1. The molecule has 3 rings (SSSR count). The van der Waals surface area contributed by atoms with Gasteiger partial charge in [0, 0.05) is 30.6 Å². The number of hydrogen-bond acceptors (Lipinski definition) is 3. The number of rotatable bonds is 4. The molecule has 0 fully saturated rings. The van der Waals surface area contributed by atoms with E-state index in [-0.39, 0.29) is 11.4 Å². The minimum atomic E-state index is -4.45. The molecule has 0 aliphatic rings. The molecule has 0 saturated carbocycles. The van der Waals surface area contributed by atoms with E-state index in [0.29, 0.717) is 11.1 Å². The maximum Gasteiger partial charge on any atom is 0.417 e. The number of alkyl halides is 3. The molecule has 3 aromatic rings. The van der Waals surface area contributed by atoms with Gasteiger partial charge in [-0.05, 0) is 30.8 Å². The number of benzene rings is 1. The van der Waals surface area contributed by atoms with Crippen molar-refractivity contribution in [2.45, 2.75) is 40.8 Å². The van der Waals surface area contributed by atoms with Crippen LogP contribution in [-0.4, -0.2) is 22.6 Å². The van der Waals surface area contributed by atoms with E-state index in [0.717, 1.165) is 11.6 Å². The predicted molar refractivity (Wildman–Crippen MR) is 130 cm³/mol.